The number of para-hydroxylation sites is 2. The average molecular weight is 333 g/mol. The molecule has 3 rings (SSSR count). The molecule has 1 N–H and O–H groups in total. The maximum atomic E-state index is 11.7. The van der Waals surface area contributed by atoms with Gasteiger partial charge in [0.25, 0.3) is 0 Å². The monoisotopic (exact) mass is 333 g/mol. The van der Waals surface area contributed by atoms with Crippen LogP contribution in [0.4, 0.5) is 10.8 Å². The Kier molecular flexibility index (Phi) is 4.38. The molecule has 1 fully saturated rings. The topological polar surface area (TPSA) is 65.9 Å². The summed E-state index contributed by atoms with van der Waals surface area (Å²) in [4.78, 5) is 21.3. The van der Waals surface area contributed by atoms with Crippen LogP contribution >= 0.6 is 11.3 Å². The van der Waals surface area contributed by atoms with Gasteiger partial charge >= 0.3 is 5.97 Å². The summed E-state index contributed by atoms with van der Waals surface area (Å²) in [5, 5.41) is 10.8. The molecule has 0 unspecified atom stereocenters. The molecule has 122 valence electrons. The lowest BCUT2D eigenvalue weighted by Gasteiger charge is -2.36. The Bertz CT molecular complexity index is 708. The quantitative estimate of drug-likeness (QED) is 0.869. The lowest BCUT2D eigenvalue weighted by atomic mass is 10.2. The molecular weight excluding hydrogens is 314 g/mol. The molecule has 0 spiro atoms. The van der Waals surface area contributed by atoms with Crippen LogP contribution in [-0.4, -0.2) is 49.3 Å². The van der Waals surface area contributed by atoms with Crippen LogP contribution in [0.5, 0.6) is 5.75 Å². The van der Waals surface area contributed by atoms with E-state index in [0.29, 0.717) is 11.4 Å². The molecule has 0 bridgehead atoms. The minimum absolute atomic E-state index is 0.305. The number of hydrogen-bond acceptors (Lipinski definition) is 7. The Hall–Kier alpha value is -2.28. The van der Waals surface area contributed by atoms with Gasteiger partial charge in [0.2, 0.25) is 0 Å². The zero-order valence-corrected chi connectivity index (χ0v) is 14.0. The molecule has 1 aromatic heterocycles. The zero-order valence-electron chi connectivity index (χ0n) is 13.2. The fraction of sp³-hybridized carbons (Fsp3) is 0.375. The summed E-state index contributed by atoms with van der Waals surface area (Å²) in [7, 11) is 1.37. The van der Waals surface area contributed by atoms with E-state index in [-0.39, 0.29) is 0 Å². The van der Waals surface area contributed by atoms with Crippen molar-refractivity contribution in [2.75, 3.05) is 43.1 Å². The van der Waals surface area contributed by atoms with Gasteiger partial charge in [-0.1, -0.05) is 12.1 Å². The second kappa shape index (κ2) is 6.45. The highest BCUT2D eigenvalue weighted by molar-refractivity contribution is 7.15. The van der Waals surface area contributed by atoms with Gasteiger partial charge < -0.3 is 19.6 Å². The average Bonchev–Trinajstić information content (AvgIpc) is 2.97. The van der Waals surface area contributed by atoms with Crippen LogP contribution in [0, 0.1) is 6.92 Å². The molecule has 2 aromatic rings. The number of carbonyl (C=O) groups excluding carboxylic acids is 1. The molecule has 0 atom stereocenters. The summed E-state index contributed by atoms with van der Waals surface area (Å²) >= 11 is 1.51. The molecule has 0 saturated carbocycles. The third kappa shape index (κ3) is 3.10. The fourth-order valence-corrected chi connectivity index (χ4v) is 3.62. The van der Waals surface area contributed by atoms with Crippen LogP contribution in [0.1, 0.15) is 15.4 Å². The number of hydrogen-bond donors (Lipinski definition) is 1. The van der Waals surface area contributed by atoms with Crippen LogP contribution < -0.4 is 9.80 Å². The Morgan fingerprint density at radius 3 is 2.52 bits per heavy atom. The number of esters is 1. The number of phenols is 1. The number of aryl methyl sites for hydroxylation is 1. The number of piperazine rings is 1. The molecule has 0 radical (unpaired) electrons. The summed E-state index contributed by atoms with van der Waals surface area (Å²) in [6, 6.07) is 7.37. The number of rotatable bonds is 3. The standard InChI is InChI=1S/C16H19N3O3S/c1-11-14(15(21)22-2)17-16(23-11)19-9-7-18(8-10-19)12-5-3-4-6-13(12)20/h3-6,20H,7-10H2,1-2H3. The van der Waals surface area contributed by atoms with E-state index in [2.05, 4.69) is 14.8 Å². The Morgan fingerprint density at radius 2 is 1.87 bits per heavy atom. The zero-order chi connectivity index (χ0) is 16.4. The van der Waals surface area contributed by atoms with Crippen LogP contribution in [-0.2, 0) is 4.74 Å². The lowest BCUT2D eigenvalue weighted by Crippen LogP contribution is -2.46. The Labute approximate surface area is 138 Å². The van der Waals surface area contributed by atoms with E-state index in [9.17, 15) is 9.90 Å². The van der Waals surface area contributed by atoms with E-state index in [4.69, 9.17) is 4.74 Å². The van der Waals surface area contributed by atoms with E-state index in [1.807, 2.05) is 25.1 Å². The summed E-state index contributed by atoms with van der Waals surface area (Å²) in [5.74, 6) is -0.0862. The van der Waals surface area contributed by atoms with Crippen molar-refractivity contribution in [3.8, 4) is 5.75 Å². The molecule has 1 saturated heterocycles. The summed E-state index contributed by atoms with van der Waals surface area (Å²) < 4.78 is 4.76. The molecule has 0 amide bonds. The van der Waals surface area contributed by atoms with Crippen molar-refractivity contribution in [1.82, 2.24) is 4.98 Å². The second-order valence-corrected chi connectivity index (χ2v) is 6.54. The van der Waals surface area contributed by atoms with E-state index >= 15 is 0 Å². The largest absolute Gasteiger partial charge is 0.506 e. The van der Waals surface area contributed by atoms with Crippen molar-refractivity contribution in [2.45, 2.75) is 6.92 Å². The van der Waals surface area contributed by atoms with E-state index in [1.54, 1.807) is 6.07 Å². The molecule has 0 aliphatic carbocycles. The summed E-state index contributed by atoms with van der Waals surface area (Å²) in [6.07, 6.45) is 0. The fourth-order valence-electron chi connectivity index (χ4n) is 2.67. The van der Waals surface area contributed by atoms with Crippen LogP contribution in [0.3, 0.4) is 0 Å². The molecular formula is C16H19N3O3S. The van der Waals surface area contributed by atoms with Crippen molar-refractivity contribution in [1.29, 1.82) is 0 Å². The smallest absolute Gasteiger partial charge is 0.357 e. The van der Waals surface area contributed by atoms with Crippen molar-refractivity contribution in [3.05, 3.63) is 34.8 Å². The highest BCUT2D eigenvalue weighted by Crippen LogP contribution is 2.30. The molecule has 1 aromatic carbocycles. The van der Waals surface area contributed by atoms with Crippen LogP contribution in [0.15, 0.2) is 24.3 Å². The normalized spacial score (nSPS) is 14.9. The number of aromatic hydroxyl groups is 1. The van der Waals surface area contributed by atoms with Gasteiger partial charge in [0, 0.05) is 31.1 Å². The minimum atomic E-state index is -0.391. The molecule has 7 heteroatoms. The third-order valence-electron chi connectivity index (χ3n) is 3.94. The first-order valence-electron chi connectivity index (χ1n) is 7.44. The number of phenolic OH excluding ortho intramolecular Hbond substituents is 1. The lowest BCUT2D eigenvalue weighted by molar-refractivity contribution is 0.0594. The maximum absolute atomic E-state index is 11.7. The summed E-state index contributed by atoms with van der Waals surface area (Å²) in [6.45, 7) is 5.06. The van der Waals surface area contributed by atoms with Crippen molar-refractivity contribution >= 4 is 28.1 Å². The number of anilines is 2. The minimum Gasteiger partial charge on any atom is -0.506 e. The van der Waals surface area contributed by atoms with Gasteiger partial charge in [-0.05, 0) is 19.1 Å². The first kappa shape index (κ1) is 15.6. The third-order valence-corrected chi connectivity index (χ3v) is 4.97. The first-order valence-corrected chi connectivity index (χ1v) is 8.25. The number of carbonyl (C=O) groups is 1. The van der Waals surface area contributed by atoms with Crippen LogP contribution in [0.2, 0.25) is 0 Å². The SMILES string of the molecule is COC(=O)c1nc(N2CCN(c3ccccc3O)CC2)sc1C. The predicted molar refractivity (Wildman–Crippen MR) is 90.7 cm³/mol. The molecule has 1 aliphatic heterocycles. The molecule has 6 nitrogen and oxygen atoms in total. The van der Waals surface area contributed by atoms with Gasteiger partial charge in [-0.15, -0.1) is 11.3 Å². The van der Waals surface area contributed by atoms with E-state index in [1.165, 1.54) is 18.4 Å². The highest BCUT2D eigenvalue weighted by Gasteiger charge is 2.23. The maximum Gasteiger partial charge on any atom is 0.357 e. The summed E-state index contributed by atoms with van der Waals surface area (Å²) in [5.41, 5.74) is 1.26. The predicted octanol–water partition coefficient (Wildman–Crippen LogP) is 2.27. The molecule has 2 heterocycles. The van der Waals surface area contributed by atoms with Gasteiger partial charge in [0.15, 0.2) is 10.8 Å². The van der Waals surface area contributed by atoms with Gasteiger partial charge in [-0.3, -0.25) is 0 Å². The number of benzene rings is 1. The van der Waals surface area contributed by atoms with Gasteiger partial charge in [-0.25, -0.2) is 9.78 Å². The number of thiazole rings is 1. The van der Waals surface area contributed by atoms with Crippen molar-refractivity contribution < 1.29 is 14.6 Å². The van der Waals surface area contributed by atoms with Gasteiger partial charge in [0.05, 0.1) is 12.8 Å². The van der Waals surface area contributed by atoms with Crippen LogP contribution in [0.25, 0.3) is 0 Å². The Morgan fingerprint density at radius 1 is 1.22 bits per heavy atom. The number of nitrogens with zero attached hydrogens (tertiary/aromatic N) is 3. The first-order chi connectivity index (χ1) is 11.1. The van der Waals surface area contributed by atoms with Gasteiger partial charge in [-0.2, -0.15) is 0 Å². The number of ether oxygens (including phenoxy) is 1. The number of aromatic nitrogens is 1. The highest BCUT2D eigenvalue weighted by atomic mass is 32.1. The van der Waals surface area contributed by atoms with Crippen molar-refractivity contribution in [2.24, 2.45) is 0 Å². The van der Waals surface area contributed by atoms with Crippen molar-refractivity contribution in [3.63, 3.8) is 0 Å². The number of methoxy groups -OCH3 is 1. The molecule has 1 aliphatic rings. The molecule has 23 heavy (non-hydrogen) atoms. The van der Waals surface area contributed by atoms with E-state index in [0.717, 1.165) is 41.9 Å². The Balaban J connectivity index is 1.70. The van der Waals surface area contributed by atoms with E-state index < -0.39 is 5.97 Å². The second-order valence-electron chi connectivity index (χ2n) is 5.36. The van der Waals surface area contributed by atoms with Gasteiger partial charge in [0.1, 0.15) is 5.75 Å².